The molecule has 6 nitrogen and oxygen atoms in total. The van der Waals surface area contributed by atoms with Crippen LogP contribution in [0.15, 0.2) is 52.9 Å². The van der Waals surface area contributed by atoms with E-state index in [1.807, 2.05) is 36.4 Å². The summed E-state index contributed by atoms with van der Waals surface area (Å²) in [6.07, 6.45) is 0.469. The molecule has 1 aliphatic rings. The molecule has 0 fully saturated rings. The molecule has 0 unspecified atom stereocenters. The van der Waals surface area contributed by atoms with Gasteiger partial charge >= 0.3 is 0 Å². The fourth-order valence-electron chi connectivity index (χ4n) is 3.32. The number of thioether (sulfide) groups is 1. The lowest BCUT2D eigenvalue weighted by Gasteiger charge is -2.35. The summed E-state index contributed by atoms with van der Waals surface area (Å²) >= 11 is 3.36. The number of amides is 2. The number of fused-ring (bicyclic) bond motifs is 2. The molecule has 1 atom stereocenters. The number of thiazole rings is 1. The Hall–Kier alpha value is -2.58. The first-order valence-electron chi connectivity index (χ1n) is 9.78. The second-order valence-corrected chi connectivity index (χ2v) is 9.58. The van der Waals surface area contributed by atoms with Crippen LogP contribution in [0.4, 0.5) is 5.69 Å². The highest BCUT2D eigenvalue weighted by Gasteiger charge is 2.34. The average molecular weight is 442 g/mol. The Balaban J connectivity index is 1.37. The fourth-order valence-corrected chi connectivity index (χ4v) is 5.40. The Morgan fingerprint density at radius 1 is 1.20 bits per heavy atom. The van der Waals surface area contributed by atoms with E-state index in [9.17, 15) is 9.59 Å². The highest BCUT2D eigenvalue weighted by atomic mass is 32.2. The number of anilines is 1. The Labute approximate surface area is 183 Å². The van der Waals surface area contributed by atoms with Crippen LogP contribution >= 0.6 is 23.1 Å². The van der Waals surface area contributed by atoms with Gasteiger partial charge in [-0.2, -0.15) is 0 Å². The molecule has 4 rings (SSSR count). The van der Waals surface area contributed by atoms with Crippen molar-refractivity contribution in [1.82, 2.24) is 9.88 Å². The van der Waals surface area contributed by atoms with Gasteiger partial charge in [0.05, 0.1) is 22.4 Å². The molecule has 1 aromatic heterocycles. The first kappa shape index (κ1) is 20.7. The third-order valence-electron chi connectivity index (χ3n) is 4.83. The lowest BCUT2D eigenvalue weighted by molar-refractivity contribution is -0.136. The number of carbonyl (C=O) groups excluding carboxylic acids is 2. The molecule has 0 N–H and O–H groups in total. The summed E-state index contributed by atoms with van der Waals surface area (Å²) in [6, 6.07) is 15.5. The number of carbonyl (C=O) groups is 2. The molecular formula is C22H23N3O3S2. The molecule has 0 radical (unpaired) electrons. The van der Waals surface area contributed by atoms with E-state index < -0.39 is 6.10 Å². The Kier molecular flexibility index (Phi) is 6.24. The van der Waals surface area contributed by atoms with Gasteiger partial charge in [0.2, 0.25) is 5.91 Å². The summed E-state index contributed by atoms with van der Waals surface area (Å²) in [4.78, 5) is 33.2. The second kappa shape index (κ2) is 9.06. The topological polar surface area (TPSA) is 62.7 Å². The largest absolute Gasteiger partial charge is 0.476 e. The number of nitrogens with zero attached hydrogens (tertiary/aromatic N) is 3. The number of para-hydroxylation sites is 3. The Morgan fingerprint density at radius 2 is 1.97 bits per heavy atom. The zero-order chi connectivity index (χ0) is 21.1. The summed E-state index contributed by atoms with van der Waals surface area (Å²) < 4.78 is 8.05. The normalized spacial score (nSPS) is 15.5. The van der Waals surface area contributed by atoms with Crippen LogP contribution in [0.25, 0.3) is 10.2 Å². The minimum absolute atomic E-state index is 0.00667. The van der Waals surface area contributed by atoms with Gasteiger partial charge in [-0.1, -0.05) is 36.0 Å². The molecule has 2 aromatic carbocycles. The Morgan fingerprint density at radius 3 is 2.77 bits per heavy atom. The third-order valence-corrected chi connectivity index (χ3v) is 7.09. The van der Waals surface area contributed by atoms with E-state index in [4.69, 9.17) is 4.74 Å². The van der Waals surface area contributed by atoms with Crippen molar-refractivity contribution in [2.24, 2.45) is 0 Å². The molecule has 156 valence electrons. The van der Waals surface area contributed by atoms with Crippen molar-refractivity contribution in [1.29, 1.82) is 0 Å². The van der Waals surface area contributed by atoms with Gasteiger partial charge in [-0.15, -0.1) is 11.3 Å². The molecule has 0 aliphatic carbocycles. The molecule has 2 amide bonds. The standard InChI is InChI=1S/C22H23N3O3S2/c1-24(2)21(27)18-14-25(16-9-4-5-10-17(16)28-18)20(26)12-7-13-29-22-23-15-8-3-6-11-19(15)30-22/h3-6,8-11,18H,7,12-14H2,1-2H3/t18-/m1/s1. The lowest BCUT2D eigenvalue weighted by atomic mass is 10.1. The van der Waals surface area contributed by atoms with Crippen molar-refractivity contribution >= 4 is 50.8 Å². The molecule has 1 aliphatic heterocycles. The highest BCUT2D eigenvalue weighted by molar-refractivity contribution is 8.01. The van der Waals surface area contributed by atoms with Gasteiger partial charge < -0.3 is 14.5 Å². The van der Waals surface area contributed by atoms with Crippen LogP contribution in [0, 0.1) is 0 Å². The zero-order valence-corrected chi connectivity index (χ0v) is 18.5. The van der Waals surface area contributed by atoms with Crippen LogP contribution in [0.2, 0.25) is 0 Å². The fraction of sp³-hybridized carbons (Fsp3) is 0.318. The van der Waals surface area contributed by atoms with Crippen LogP contribution in [-0.4, -0.2) is 54.2 Å². The van der Waals surface area contributed by atoms with Crippen molar-refractivity contribution in [3.8, 4) is 5.75 Å². The quantitative estimate of drug-likeness (QED) is 0.427. The number of ether oxygens (including phenoxy) is 1. The molecule has 2 heterocycles. The van der Waals surface area contributed by atoms with E-state index in [0.29, 0.717) is 12.2 Å². The number of hydrogen-bond donors (Lipinski definition) is 0. The molecule has 0 saturated heterocycles. The predicted molar refractivity (Wildman–Crippen MR) is 121 cm³/mol. The van der Waals surface area contributed by atoms with E-state index in [0.717, 1.165) is 27.7 Å². The van der Waals surface area contributed by atoms with Gasteiger partial charge in [-0.25, -0.2) is 4.98 Å². The van der Waals surface area contributed by atoms with E-state index in [1.54, 1.807) is 48.2 Å². The number of aromatic nitrogens is 1. The van der Waals surface area contributed by atoms with Crippen molar-refractivity contribution in [3.05, 3.63) is 48.5 Å². The third kappa shape index (κ3) is 4.44. The molecule has 30 heavy (non-hydrogen) atoms. The van der Waals surface area contributed by atoms with Crippen LogP contribution in [0.5, 0.6) is 5.75 Å². The van der Waals surface area contributed by atoms with E-state index >= 15 is 0 Å². The number of likely N-dealkylation sites (N-methyl/N-ethyl adjacent to an activating group) is 1. The first-order chi connectivity index (χ1) is 14.5. The van der Waals surface area contributed by atoms with Crippen molar-refractivity contribution < 1.29 is 14.3 Å². The summed E-state index contributed by atoms with van der Waals surface area (Å²) in [5.41, 5.74) is 1.74. The average Bonchev–Trinajstić information content (AvgIpc) is 3.18. The predicted octanol–water partition coefficient (Wildman–Crippen LogP) is 4.05. The smallest absolute Gasteiger partial charge is 0.265 e. The minimum atomic E-state index is -0.684. The van der Waals surface area contributed by atoms with Gasteiger partial charge in [0.25, 0.3) is 5.91 Å². The molecule has 0 bridgehead atoms. The van der Waals surface area contributed by atoms with Crippen LogP contribution in [-0.2, 0) is 9.59 Å². The van der Waals surface area contributed by atoms with E-state index in [-0.39, 0.29) is 18.4 Å². The molecule has 8 heteroatoms. The number of rotatable bonds is 6. The number of benzene rings is 2. The molecular weight excluding hydrogens is 418 g/mol. The van der Waals surface area contributed by atoms with Crippen LogP contribution in [0.3, 0.4) is 0 Å². The van der Waals surface area contributed by atoms with Gasteiger partial charge in [-0.3, -0.25) is 9.59 Å². The SMILES string of the molecule is CN(C)C(=O)[C@H]1CN(C(=O)CCCSc2nc3ccccc3s2)c2ccccc2O1. The first-order valence-corrected chi connectivity index (χ1v) is 11.6. The molecule has 0 saturated carbocycles. The lowest BCUT2D eigenvalue weighted by Crippen LogP contribution is -2.50. The van der Waals surface area contributed by atoms with Gasteiger partial charge in [0.15, 0.2) is 10.4 Å². The minimum Gasteiger partial charge on any atom is -0.476 e. The van der Waals surface area contributed by atoms with Gasteiger partial charge in [0.1, 0.15) is 5.75 Å². The summed E-state index contributed by atoms with van der Waals surface area (Å²) in [6.45, 7) is 0.234. The zero-order valence-electron chi connectivity index (χ0n) is 16.9. The summed E-state index contributed by atoms with van der Waals surface area (Å²) in [5, 5.41) is 0. The summed E-state index contributed by atoms with van der Waals surface area (Å²) in [7, 11) is 3.38. The monoisotopic (exact) mass is 441 g/mol. The second-order valence-electron chi connectivity index (χ2n) is 7.21. The van der Waals surface area contributed by atoms with Crippen molar-refractivity contribution in [2.75, 3.05) is 31.3 Å². The van der Waals surface area contributed by atoms with Gasteiger partial charge in [-0.05, 0) is 30.7 Å². The van der Waals surface area contributed by atoms with E-state index in [1.165, 1.54) is 9.60 Å². The van der Waals surface area contributed by atoms with Crippen LogP contribution < -0.4 is 9.64 Å². The van der Waals surface area contributed by atoms with Crippen LogP contribution in [0.1, 0.15) is 12.8 Å². The van der Waals surface area contributed by atoms with Crippen molar-refractivity contribution in [3.63, 3.8) is 0 Å². The maximum Gasteiger partial charge on any atom is 0.265 e. The molecule has 0 spiro atoms. The maximum atomic E-state index is 13.0. The molecule has 3 aromatic rings. The maximum absolute atomic E-state index is 13.0. The number of hydrogen-bond acceptors (Lipinski definition) is 6. The van der Waals surface area contributed by atoms with E-state index in [2.05, 4.69) is 11.1 Å². The highest BCUT2D eigenvalue weighted by Crippen LogP contribution is 2.34. The van der Waals surface area contributed by atoms with Crippen molar-refractivity contribution in [2.45, 2.75) is 23.3 Å². The van der Waals surface area contributed by atoms with Gasteiger partial charge in [0, 0.05) is 26.3 Å². The summed E-state index contributed by atoms with van der Waals surface area (Å²) in [5.74, 6) is 1.25. The Bertz CT molecular complexity index is 1030.